The maximum Gasteiger partial charge on any atom is 0.290 e. The van der Waals surface area contributed by atoms with Crippen LogP contribution in [0.2, 0.25) is 0 Å². The lowest BCUT2D eigenvalue weighted by Crippen LogP contribution is -2.30. The highest BCUT2D eigenvalue weighted by Gasteiger charge is 2.43. The second kappa shape index (κ2) is 9.48. The summed E-state index contributed by atoms with van der Waals surface area (Å²) in [6, 6.07) is 23.6. The smallest absolute Gasteiger partial charge is 0.290 e. The van der Waals surface area contributed by atoms with Gasteiger partial charge in [-0.2, -0.15) is 0 Å². The first-order chi connectivity index (χ1) is 16.0. The van der Waals surface area contributed by atoms with E-state index in [0.29, 0.717) is 12.0 Å². The number of rotatable bonds is 8. The highest BCUT2D eigenvalue weighted by molar-refractivity contribution is 6.09. The van der Waals surface area contributed by atoms with Gasteiger partial charge in [0.1, 0.15) is 0 Å². The topological polar surface area (TPSA) is 101 Å². The van der Waals surface area contributed by atoms with Crippen molar-refractivity contribution in [1.82, 2.24) is 4.90 Å². The lowest BCUT2D eigenvalue weighted by molar-refractivity contribution is -0.384. The van der Waals surface area contributed by atoms with Gasteiger partial charge in [-0.1, -0.05) is 60.7 Å². The number of Topliss-reactive ketones (excluding diaryl/α,β-unsaturated/α-hetero) is 1. The molecule has 1 heterocycles. The fourth-order valence-corrected chi connectivity index (χ4v) is 4.04. The summed E-state index contributed by atoms with van der Waals surface area (Å²) in [5.74, 6) is -1.53. The number of hydrogen-bond acceptors (Lipinski definition) is 5. The Labute approximate surface area is 190 Å². The Bertz CT molecular complexity index is 1200. The molecule has 3 aromatic carbocycles. The Morgan fingerprint density at radius 1 is 0.909 bits per heavy atom. The van der Waals surface area contributed by atoms with Crippen molar-refractivity contribution in [1.29, 1.82) is 0 Å². The average molecular weight is 442 g/mol. The third kappa shape index (κ3) is 4.67. The number of amides is 1. The largest absolute Gasteiger partial charge is 0.503 e. The minimum atomic E-state index is -0.832. The molecule has 1 amide bonds. The maximum atomic E-state index is 13.2. The zero-order chi connectivity index (χ0) is 23.4. The zero-order valence-electron chi connectivity index (χ0n) is 17.8. The van der Waals surface area contributed by atoms with Gasteiger partial charge in [0.05, 0.1) is 16.5 Å². The van der Waals surface area contributed by atoms with E-state index in [1.54, 1.807) is 0 Å². The van der Waals surface area contributed by atoms with E-state index in [2.05, 4.69) is 0 Å². The van der Waals surface area contributed by atoms with Crippen LogP contribution in [0.1, 0.15) is 29.2 Å². The van der Waals surface area contributed by atoms with E-state index < -0.39 is 22.6 Å². The van der Waals surface area contributed by atoms with Crippen molar-refractivity contribution in [3.63, 3.8) is 0 Å². The molecule has 0 radical (unpaired) electrons. The van der Waals surface area contributed by atoms with Crippen LogP contribution in [0.5, 0.6) is 0 Å². The van der Waals surface area contributed by atoms with E-state index in [-0.39, 0.29) is 30.0 Å². The summed E-state index contributed by atoms with van der Waals surface area (Å²) in [7, 11) is 0. The van der Waals surface area contributed by atoms with E-state index in [4.69, 9.17) is 0 Å². The number of ketones is 1. The van der Waals surface area contributed by atoms with Crippen LogP contribution < -0.4 is 0 Å². The summed E-state index contributed by atoms with van der Waals surface area (Å²) in [4.78, 5) is 38.2. The van der Waals surface area contributed by atoms with Gasteiger partial charge >= 0.3 is 0 Å². The van der Waals surface area contributed by atoms with Gasteiger partial charge < -0.3 is 10.0 Å². The highest BCUT2D eigenvalue weighted by atomic mass is 16.6. The number of carbonyl (C=O) groups is 2. The lowest BCUT2D eigenvalue weighted by atomic mass is 9.93. The van der Waals surface area contributed by atoms with Crippen LogP contribution in [0.3, 0.4) is 0 Å². The molecule has 166 valence electrons. The fourth-order valence-electron chi connectivity index (χ4n) is 4.04. The monoisotopic (exact) mass is 442 g/mol. The molecule has 33 heavy (non-hydrogen) atoms. The number of carbonyl (C=O) groups excluding carboxylic acids is 2. The van der Waals surface area contributed by atoms with Crippen LogP contribution in [-0.2, 0) is 22.6 Å². The molecule has 1 unspecified atom stereocenters. The molecule has 0 fully saturated rings. The van der Waals surface area contributed by atoms with Gasteiger partial charge in [-0.3, -0.25) is 19.7 Å². The number of nitro benzene ring substituents is 1. The summed E-state index contributed by atoms with van der Waals surface area (Å²) in [6.07, 6.45) is 0.593. The highest BCUT2D eigenvalue weighted by Crippen LogP contribution is 2.39. The zero-order valence-corrected chi connectivity index (χ0v) is 17.8. The molecule has 7 heteroatoms. The first kappa shape index (κ1) is 22.0. The van der Waals surface area contributed by atoms with Gasteiger partial charge in [0, 0.05) is 25.1 Å². The quantitative estimate of drug-likeness (QED) is 0.403. The molecule has 0 aliphatic carbocycles. The Balaban J connectivity index is 1.68. The van der Waals surface area contributed by atoms with E-state index >= 15 is 0 Å². The van der Waals surface area contributed by atoms with Crippen LogP contribution in [0.15, 0.2) is 96.3 Å². The van der Waals surface area contributed by atoms with Crippen molar-refractivity contribution in [3.05, 3.63) is 123 Å². The van der Waals surface area contributed by atoms with Crippen molar-refractivity contribution in [2.24, 2.45) is 0 Å². The second-order valence-electron chi connectivity index (χ2n) is 7.84. The van der Waals surface area contributed by atoms with Crippen molar-refractivity contribution >= 4 is 17.4 Å². The number of nitrogens with zero attached hydrogens (tertiary/aromatic N) is 2. The van der Waals surface area contributed by atoms with Gasteiger partial charge in [-0.15, -0.1) is 0 Å². The average Bonchev–Trinajstić information content (AvgIpc) is 3.09. The minimum absolute atomic E-state index is 0.0284. The Hall–Kier alpha value is -4.26. The Morgan fingerprint density at radius 3 is 2.06 bits per heavy atom. The van der Waals surface area contributed by atoms with E-state index in [1.807, 2.05) is 60.7 Å². The number of hydrogen-bond donors (Lipinski definition) is 1. The van der Waals surface area contributed by atoms with Crippen LogP contribution in [-0.4, -0.2) is 26.6 Å². The molecule has 1 atom stereocenters. The SMILES string of the molecule is O=C(CCc1ccccc1)C1=C(O)C(=O)N(Cc2ccccc2)C1c1ccc([N+](=O)[O-])cc1. The first-order valence-corrected chi connectivity index (χ1v) is 10.5. The molecule has 7 nitrogen and oxygen atoms in total. The number of aliphatic hydroxyl groups is 1. The summed E-state index contributed by atoms with van der Waals surface area (Å²) in [5, 5.41) is 21.8. The standard InChI is InChI=1S/C26H22N2O5/c29-22(16-11-18-7-3-1-4-8-18)23-24(20-12-14-21(15-13-20)28(32)33)27(26(31)25(23)30)17-19-9-5-2-6-10-19/h1-10,12-15,24,30H,11,16-17H2. The third-order valence-corrected chi connectivity index (χ3v) is 5.70. The predicted octanol–water partition coefficient (Wildman–Crippen LogP) is 4.69. The first-order valence-electron chi connectivity index (χ1n) is 10.5. The van der Waals surface area contributed by atoms with E-state index in [0.717, 1.165) is 11.1 Å². The Kier molecular flexibility index (Phi) is 6.31. The number of aliphatic hydroxyl groups excluding tert-OH is 1. The summed E-state index contributed by atoms with van der Waals surface area (Å²) >= 11 is 0. The summed E-state index contributed by atoms with van der Waals surface area (Å²) in [5.41, 5.74) is 2.27. The summed E-state index contributed by atoms with van der Waals surface area (Å²) in [6.45, 7) is 0.181. The third-order valence-electron chi connectivity index (χ3n) is 5.70. The lowest BCUT2D eigenvalue weighted by Gasteiger charge is -2.27. The molecule has 3 aromatic rings. The van der Waals surface area contributed by atoms with Gasteiger partial charge in [-0.05, 0) is 35.2 Å². The molecule has 0 spiro atoms. The molecular formula is C26H22N2O5. The normalized spacial score (nSPS) is 15.7. The molecule has 0 saturated heterocycles. The molecule has 1 aliphatic rings. The number of benzene rings is 3. The molecular weight excluding hydrogens is 420 g/mol. The number of non-ortho nitro benzene ring substituents is 1. The van der Waals surface area contributed by atoms with Crippen molar-refractivity contribution < 1.29 is 19.6 Å². The molecule has 1 aliphatic heterocycles. The molecule has 1 N–H and O–H groups in total. The summed E-state index contributed by atoms with van der Waals surface area (Å²) < 4.78 is 0. The molecule has 4 rings (SSSR count). The van der Waals surface area contributed by atoms with E-state index in [9.17, 15) is 24.8 Å². The maximum absolute atomic E-state index is 13.2. The van der Waals surface area contributed by atoms with E-state index in [1.165, 1.54) is 29.2 Å². The molecule has 0 aromatic heterocycles. The van der Waals surface area contributed by atoms with Gasteiger partial charge in [0.25, 0.3) is 11.6 Å². The van der Waals surface area contributed by atoms with Crippen molar-refractivity contribution in [2.75, 3.05) is 0 Å². The fraction of sp³-hybridized carbons (Fsp3) is 0.154. The van der Waals surface area contributed by atoms with Crippen molar-refractivity contribution in [2.45, 2.75) is 25.4 Å². The van der Waals surface area contributed by atoms with Crippen LogP contribution in [0, 0.1) is 10.1 Å². The molecule has 0 bridgehead atoms. The van der Waals surface area contributed by atoms with Gasteiger partial charge in [-0.25, -0.2) is 0 Å². The second-order valence-corrected chi connectivity index (χ2v) is 7.84. The van der Waals surface area contributed by atoms with Gasteiger partial charge in [0.15, 0.2) is 11.5 Å². The van der Waals surface area contributed by atoms with Crippen LogP contribution >= 0.6 is 0 Å². The number of aryl methyl sites for hydroxylation is 1. The number of nitro groups is 1. The van der Waals surface area contributed by atoms with Crippen LogP contribution in [0.25, 0.3) is 0 Å². The minimum Gasteiger partial charge on any atom is -0.503 e. The Morgan fingerprint density at radius 2 is 1.48 bits per heavy atom. The van der Waals surface area contributed by atoms with Crippen LogP contribution in [0.4, 0.5) is 5.69 Å². The predicted molar refractivity (Wildman–Crippen MR) is 122 cm³/mol. The van der Waals surface area contributed by atoms with Crippen molar-refractivity contribution in [3.8, 4) is 0 Å². The van der Waals surface area contributed by atoms with Gasteiger partial charge in [0.2, 0.25) is 0 Å². The molecule has 0 saturated carbocycles.